The van der Waals surface area contributed by atoms with E-state index in [1.54, 1.807) is 18.5 Å². The van der Waals surface area contributed by atoms with Crippen LogP contribution in [-0.2, 0) is 11.3 Å². The molecule has 130 valence electrons. The van der Waals surface area contributed by atoms with Gasteiger partial charge in [0.1, 0.15) is 6.61 Å². The first-order valence-electron chi connectivity index (χ1n) is 8.57. The molecule has 1 aliphatic carbocycles. The highest BCUT2D eigenvalue weighted by molar-refractivity contribution is 5.86. The van der Waals surface area contributed by atoms with Gasteiger partial charge in [-0.05, 0) is 32.8 Å². The van der Waals surface area contributed by atoms with Gasteiger partial charge in [0.05, 0.1) is 11.9 Å². The van der Waals surface area contributed by atoms with Crippen LogP contribution in [0.3, 0.4) is 0 Å². The number of carbonyl (C=O) groups is 1. The number of nitrogens with zero attached hydrogens (tertiary/aromatic N) is 4. The average Bonchev–Trinajstić information content (AvgIpc) is 3.17. The fourth-order valence-electron chi connectivity index (χ4n) is 2.94. The minimum atomic E-state index is -0.504. The van der Waals surface area contributed by atoms with Gasteiger partial charge in [-0.2, -0.15) is 5.10 Å². The molecule has 0 N–H and O–H groups in total. The summed E-state index contributed by atoms with van der Waals surface area (Å²) in [6.07, 6.45) is 6.90. The van der Waals surface area contributed by atoms with Gasteiger partial charge in [-0.15, -0.1) is 0 Å². The largest absolute Gasteiger partial charge is 0.455 e. The second-order valence-corrected chi connectivity index (χ2v) is 6.76. The van der Waals surface area contributed by atoms with E-state index in [9.17, 15) is 4.79 Å². The van der Waals surface area contributed by atoms with Crippen molar-refractivity contribution in [1.82, 2.24) is 19.9 Å². The van der Waals surface area contributed by atoms with Crippen LogP contribution in [0.15, 0.2) is 29.0 Å². The number of rotatable bonds is 5. The van der Waals surface area contributed by atoms with Gasteiger partial charge in [-0.25, -0.2) is 14.5 Å². The summed E-state index contributed by atoms with van der Waals surface area (Å²) in [5.41, 5.74) is 2.48. The van der Waals surface area contributed by atoms with Gasteiger partial charge in [-0.1, -0.05) is 11.6 Å². The average molecular weight is 340 g/mol. The summed E-state index contributed by atoms with van der Waals surface area (Å²) in [6, 6.07) is 3.87. The molecule has 0 atom stereocenters. The number of ether oxygens (including phenoxy) is 1. The first-order chi connectivity index (χ1) is 12.1. The van der Waals surface area contributed by atoms with Crippen LogP contribution in [0.2, 0.25) is 0 Å². The third-order valence-corrected chi connectivity index (χ3v) is 4.60. The maximum atomic E-state index is 12.1. The highest BCUT2D eigenvalue weighted by Gasteiger charge is 2.25. The predicted octanol–water partition coefficient (Wildman–Crippen LogP) is 3.62. The molecule has 1 aliphatic rings. The van der Waals surface area contributed by atoms with E-state index in [0.29, 0.717) is 5.92 Å². The lowest BCUT2D eigenvalue weighted by Gasteiger charge is -2.22. The number of aromatic nitrogens is 4. The van der Waals surface area contributed by atoms with Crippen LogP contribution in [0.4, 0.5) is 0 Å². The number of hydrogen-bond donors (Lipinski definition) is 0. The van der Waals surface area contributed by atoms with Crippen LogP contribution in [-0.4, -0.2) is 25.9 Å². The van der Waals surface area contributed by atoms with Crippen molar-refractivity contribution in [3.05, 3.63) is 41.5 Å². The van der Waals surface area contributed by atoms with E-state index in [1.807, 2.05) is 10.7 Å². The number of carbonyl (C=O) groups excluding carboxylic acids is 1. The zero-order valence-corrected chi connectivity index (χ0v) is 14.3. The summed E-state index contributed by atoms with van der Waals surface area (Å²) >= 11 is 0. The topological polar surface area (TPSA) is 83.0 Å². The zero-order chi connectivity index (χ0) is 17.4. The minimum Gasteiger partial charge on any atom is -0.455 e. The van der Waals surface area contributed by atoms with Gasteiger partial charge in [0, 0.05) is 35.2 Å². The van der Waals surface area contributed by atoms with Crippen molar-refractivity contribution < 1.29 is 14.1 Å². The molecule has 0 amide bonds. The van der Waals surface area contributed by atoms with E-state index in [1.165, 1.54) is 6.42 Å². The van der Waals surface area contributed by atoms with Crippen LogP contribution in [0.1, 0.15) is 66.9 Å². The Labute approximate surface area is 145 Å². The lowest BCUT2D eigenvalue weighted by atomic mass is 9.83. The summed E-state index contributed by atoms with van der Waals surface area (Å²) in [5.74, 6) is 0.0778. The van der Waals surface area contributed by atoms with E-state index in [0.717, 1.165) is 35.1 Å². The molecule has 4 rings (SSSR count). The molecule has 0 aromatic carbocycles. The van der Waals surface area contributed by atoms with Gasteiger partial charge in [0.15, 0.2) is 5.65 Å². The van der Waals surface area contributed by atoms with Gasteiger partial charge in [0.25, 0.3) is 0 Å². The van der Waals surface area contributed by atoms with E-state index in [-0.39, 0.29) is 18.4 Å². The molecule has 7 nitrogen and oxygen atoms in total. The molecule has 3 aromatic rings. The Balaban J connectivity index is 1.42. The Kier molecular flexibility index (Phi) is 3.99. The van der Waals surface area contributed by atoms with Crippen molar-refractivity contribution in [3.63, 3.8) is 0 Å². The summed E-state index contributed by atoms with van der Waals surface area (Å²) in [6.45, 7) is 4.24. The van der Waals surface area contributed by atoms with Crippen LogP contribution in [0, 0.1) is 0 Å². The van der Waals surface area contributed by atoms with Crippen LogP contribution in [0.5, 0.6) is 0 Å². The first-order valence-corrected chi connectivity index (χ1v) is 8.57. The van der Waals surface area contributed by atoms with Crippen LogP contribution in [0.25, 0.3) is 11.0 Å². The Morgan fingerprint density at radius 3 is 2.92 bits per heavy atom. The van der Waals surface area contributed by atoms with Crippen molar-refractivity contribution in [3.8, 4) is 0 Å². The van der Waals surface area contributed by atoms with Gasteiger partial charge < -0.3 is 9.26 Å². The van der Waals surface area contributed by atoms with Gasteiger partial charge in [0.2, 0.25) is 5.76 Å². The number of pyridine rings is 1. The van der Waals surface area contributed by atoms with Crippen molar-refractivity contribution in [1.29, 1.82) is 0 Å². The molecule has 3 aromatic heterocycles. The Morgan fingerprint density at radius 2 is 2.20 bits per heavy atom. The highest BCUT2D eigenvalue weighted by atomic mass is 16.6. The SMILES string of the molecule is CC(C)n1ncc2cc(COC(=O)c3cc(C4CCC4)no3)cnc21. The van der Waals surface area contributed by atoms with E-state index in [2.05, 4.69) is 29.1 Å². The molecule has 1 saturated carbocycles. The molecule has 0 saturated heterocycles. The van der Waals surface area contributed by atoms with Crippen molar-refractivity contribution >= 4 is 17.0 Å². The molecule has 0 spiro atoms. The first kappa shape index (κ1) is 15.8. The van der Waals surface area contributed by atoms with E-state index < -0.39 is 5.97 Å². The van der Waals surface area contributed by atoms with Crippen LogP contribution >= 0.6 is 0 Å². The van der Waals surface area contributed by atoms with Crippen molar-refractivity contribution in [2.45, 2.75) is 51.7 Å². The highest BCUT2D eigenvalue weighted by Crippen LogP contribution is 2.35. The quantitative estimate of drug-likeness (QED) is 0.660. The molecule has 7 heteroatoms. The predicted molar refractivity (Wildman–Crippen MR) is 90.1 cm³/mol. The third kappa shape index (κ3) is 3.01. The smallest absolute Gasteiger partial charge is 0.377 e. The number of esters is 1. The Morgan fingerprint density at radius 1 is 1.36 bits per heavy atom. The molecule has 3 heterocycles. The molecular formula is C18H20N4O3. The summed E-state index contributed by atoms with van der Waals surface area (Å²) in [7, 11) is 0. The fourth-order valence-corrected chi connectivity index (χ4v) is 2.94. The molecule has 0 unspecified atom stereocenters. The lowest BCUT2D eigenvalue weighted by molar-refractivity contribution is 0.0425. The van der Waals surface area contributed by atoms with Gasteiger partial charge >= 0.3 is 5.97 Å². The molecule has 25 heavy (non-hydrogen) atoms. The molecular weight excluding hydrogens is 320 g/mol. The Bertz CT molecular complexity index is 908. The monoisotopic (exact) mass is 340 g/mol. The molecule has 0 aliphatic heterocycles. The minimum absolute atomic E-state index is 0.133. The van der Waals surface area contributed by atoms with E-state index in [4.69, 9.17) is 9.26 Å². The maximum Gasteiger partial charge on any atom is 0.377 e. The summed E-state index contributed by atoms with van der Waals surface area (Å²) < 4.78 is 12.3. The standard InChI is InChI=1S/C18H20N4O3/c1-11(2)22-17-14(9-20-22)6-12(8-19-17)10-24-18(23)16-7-15(21-25-16)13-4-3-5-13/h6-9,11,13H,3-5,10H2,1-2H3. The van der Waals surface area contributed by atoms with Crippen LogP contribution < -0.4 is 0 Å². The maximum absolute atomic E-state index is 12.1. The van der Waals surface area contributed by atoms with Gasteiger partial charge in [-0.3, -0.25) is 0 Å². The third-order valence-electron chi connectivity index (χ3n) is 4.60. The molecule has 1 fully saturated rings. The second kappa shape index (κ2) is 6.31. The summed E-state index contributed by atoms with van der Waals surface area (Å²) in [5, 5.41) is 9.24. The fraction of sp³-hybridized carbons (Fsp3) is 0.444. The molecule has 0 radical (unpaired) electrons. The lowest BCUT2D eigenvalue weighted by Crippen LogP contribution is -2.09. The summed E-state index contributed by atoms with van der Waals surface area (Å²) in [4.78, 5) is 16.6. The second-order valence-electron chi connectivity index (χ2n) is 6.76. The number of fused-ring (bicyclic) bond motifs is 1. The van der Waals surface area contributed by atoms with Crippen molar-refractivity contribution in [2.24, 2.45) is 0 Å². The molecule has 0 bridgehead atoms. The van der Waals surface area contributed by atoms with E-state index >= 15 is 0 Å². The van der Waals surface area contributed by atoms with Crippen molar-refractivity contribution in [2.75, 3.05) is 0 Å². The Hall–Kier alpha value is -2.70. The normalized spacial score (nSPS) is 14.8. The number of hydrogen-bond acceptors (Lipinski definition) is 6. The zero-order valence-electron chi connectivity index (χ0n) is 14.3.